The number of aromatic nitrogens is 4. The van der Waals surface area contributed by atoms with Crippen LogP contribution in [0.1, 0.15) is 36.2 Å². The third-order valence-electron chi connectivity index (χ3n) is 5.48. The zero-order valence-electron chi connectivity index (χ0n) is 17.6. The quantitative estimate of drug-likeness (QED) is 0.391. The molecule has 4 N–H and O–H groups in total. The maximum Gasteiger partial charge on any atom is 0.260 e. The van der Waals surface area contributed by atoms with Gasteiger partial charge in [0, 0.05) is 34.7 Å². The second kappa shape index (κ2) is 7.45. The third kappa shape index (κ3) is 3.64. The molecule has 4 aromatic rings. The van der Waals surface area contributed by atoms with E-state index >= 15 is 0 Å². The number of hydrogen-bond donors (Lipinski definition) is 4. The normalized spacial score (nSPS) is 14.5. The van der Waals surface area contributed by atoms with E-state index in [1.165, 1.54) is 0 Å². The van der Waals surface area contributed by atoms with Crippen molar-refractivity contribution in [2.45, 2.75) is 25.7 Å². The highest BCUT2D eigenvalue weighted by Crippen LogP contribution is 2.36. The van der Waals surface area contributed by atoms with Gasteiger partial charge >= 0.3 is 0 Å². The molecular weight excluding hydrogens is 406 g/mol. The van der Waals surface area contributed by atoms with Crippen LogP contribution in [-0.4, -0.2) is 32.0 Å². The Balaban J connectivity index is 1.40. The molecule has 32 heavy (non-hydrogen) atoms. The van der Waals surface area contributed by atoms with Crippen LogP contribution in [0.4, 0.5) is 23.1 Å². The Morgan fingerprint density at radius 2 is 2.03 bits per heavy atom. The summed E-state index contributed by atoms with van der Waals surface area (Å²) in [5.41, 5.74) is 2.63. The van der Waals surface area contributed by atoms with Gasteiger partial charge in [0.15, 0.2) is 0 Å². The third-order valence-corrected chi connectivity index (χ3v) is 5.48. The molecule has 0 spiro atoms. The lowest BCUT2D eigenvalue weighted by Gasteiger charge is -2.31. The van der Waals surface area contributed by atoms with Crippen LogP contribution in [0.2, 0.25) is 0 Å². The molecule has 1 aromatic carbocycles. The molecule has 4 heterocycles. The number of benzene rings is 1. The lowest BCUT2D eigenvalue weighted by atomic mass is 9.79. The lowest BCUT2D eigenvalue weighted by Crippen LogP contribution is -2.33. The first-order chi connectivity index (χ1) is 15.4. The Bertz CT molecular complexity index is 1360. The topological polar surface area (TPSA) is 125 Å². The second-order valence-electron chi connectivity index (χ2n) is 8.35. The molecule has 0 atom stereocenters. The fourth-order valence-corrected chi connectivity index (χ4v) is 3.87. The Hall–Kier alpha value is -4.27. The van der Waals surface area contributed by atoms with E-state index in [0.29, 0.717) is 29.4 Å². The van der Waals surface area contributed by atoms with Crippen LogP contribution in [0.15, 0.2) is 54.9 Å². The molecule has 1 aliphatic heterocycles. The summed E-state index contributed by atoms with van der Waals surface area (Å²) in [6.45, 7) is 4.00. The molecule has 0 radical (unpaired) electrons. The van der Waals surface area contributed by atoms with E-state index in [2.05, 4.69) is 36.1 Å². The summed E-state index contributed by atoms with van der Waals surface area (Å²) in [6, 6.07) is 12.7. The minimum atomic E-state index is -0.364. The van der Waals surface area contributed by atoms with E-state index < -0.39 is 0 Å². The second-order valence-corrected chi connectivity index (χ2v) is 8.35. The highest BCUT2D eigenvalue weighted by molar-refractivity contribution is 6.07. The van der Waals surface area contributed by atoms with Crippen molar-refractivity contribution in [2.75, 3.05) is 16.0 Å². The fraction of sp³-hybridized carbons (Fsp3) is 0.174. The molecule has 9 nitrogen and oxygen atoms in total. The summed E-state index contributed by atoms with van der Waals surface area (Å²) in [5.74, 6) is 0.779. The molecule has 0 unspecified atom stereocenters. The van der Waals surface area contributed by atoms with E-state index in [0.717, 1.165) is 22.2 Å². The standard InChI is InChI=1S/C23H21N7O2/c1-23(2)11-19(31)29-21-16(23)7-8-18(27-21)28-22(32)15-4-3-9-24-20(15)26-14-6-5-13-12-25-30-17(13)10-14/h3-10,12H,11H2,1-2H3,(H,24,26)(H,25,30)(H2,27,28,29,31,32). The van der Waals surface area contributed by atoms with Crippen molar-refractivity contribution in [2.24, 2.45) is 0 Å². The van der Waals surface area contributed by atoms with Crippen molar-refractivity contribution in [3.8, 4) is 0 Å². The Morgan fingerprint density at radius 1 is 1.16 bits per heavy atom. The Labute approximate surface area is 183 Å². The number of amides is 2. The van der Waals surface area contributed by atoms with E-state index in [4.69, 9.17) is 0 Å². The summed E-state index contributed by atoms with van der Waals surface area (Å²) >= 11 is 0. The molecule has 3 aromatic heterocycles. The maximum absolute atomic E-state index is 13.0. The minimum absolute atomic E-state index is 0.0912. The van der Waals surface area contributed by atoms with Crippen LogP contribution in [-0.2, 0) is 10.2 Å². The number of fused-ring (bicyclic) bond motifs is 2. The number of pyridine rings is 2. The number of rotatable bonds is 4. The summed E-state index contributed by atoms with van der Waals surface area (Å²) < 4.78 is 0. The van der Waals surface area contributed by atoms with Crippen molar-refractivity contribution >= 4 is 45.9 Å². The van der Waals surface area contributed by atoms with Gasteiger partial charge in [-0.05, 0) is 36.4 Å². The molecule has 0 fully saturated rings. The number of aromatic amines is 1. The highest BCUT2D eigenvalue weighted by Gasteiger charge is 2.33. The molecule has 9 heteroatoms. The van der Waals surface area contributed by atoms with Gasteiger partial charge < -0.3 is 16.0 Å². The Kier molecular flexibility index (Phi) is 4.58. The molecule has 0 saturated carbocycles. The predicted molar refractivity (Wildman–Crippen MR) is 122 cm³/mol. The molecule has 0 aliphatic carbocycles. The maximum atomic E-state index is 13.0. The van der Waals surface area contributed by atoms with Gasteiger partial charge in [-0.2, -0.15) is 5.10 Å². The molecular formula is C23H21N7O2. The number of nitrogens with one attached hydrogen (secondary N) is 4. The number of H-pyrrole nitrogens is 1. The minimum Gasteiger partial charge on any atom is -0.340 e. The van der Waals surface area contributed by atoms with Gasteiger partial charge in [-0.3, -0.25) is 14.7 Å². The molecule has 0 bridgehead atoms. The van der Waals surface area contributed by atoms with Crippen LogP contribution in [0.3, 0.4) is 0 Å². The largest absolute Gasteiger partial charge is 0.340 e. The van der Waals surface area contributed by atoms with Gasteiger partial charge in [0.25, 0.3) is 5.91 Å². The summed E-state index contributed by atoms with van der Waals surface area (Å²) in [4.78, 5) is 33.8. The Morgan fingerprint density at radius 3 is 2.91 bits per heavy atom. The highest BCUT2D eigenvalue weighted by atomic mass is 16.2. The van der Waals surface area contributed by atoms with Gasteiger partial charge in [-0.25, -0.2) is 9.97 Å². The molecule has 2 amide bonds. The molecule has 0 saturated heterocycles. The average molecular weight is 427 g/mol. The SMILES string of the molecule is CC1(C)CC(=O)Nc2nc(NC(=O)c3cccnc3Nc3ccc4cn[nH]c4c3)ccc21. The lowest BCUT2D eigenvalue weighted by molar-refractivity contribution is -0.117. The molecule has 1 aliphatic rings. The number of carbonyl (C=O) groups excluding carboxylic acids is 2. The van der Waals surface area contributed by atoms with Crippen molar-refractivity contribution in [1.82, 2.24) is 20.2 Å². The molecule has 5 rings (SSSR count). The van der Waals surface area contributed by atoms with Gasteiger partial charge in [-0.1, -0.05) is 19.9 Å². The summed E-state index contributed by atoms with van der Waals surface area (Å²) in [7, 11) is 0. The molecule has 160 valence electrons. The van der Waals surface area contributed by atoms with Crippen molar-refractivity contribution in [3.63, 3.8) is 0 Å². The van der Waals surface area contributed by atoms with Crippen LogP contribution in [0.5, 0.6) is 0 Å². The van der Waals surface area contributed by atoms with Crippen molar-refractivity contribution in [3.05, 3.63) is 66.0 Å². The summed E-state index contributed by atoms with van der Waals surface area (Å²) in [6.07, 6.45) is 3.75. The van der Waals surface area contributed by atoms with E-state index in [-0.39, 0.29) is 17.2 Å². The first-order valence-corrected chi connectivity index (χ1v) is 10.2. The zero-order chi connectivity index (χ0) is 22.3. The number of nitrogens with zero attached hydrogens (tertiary/aromatic N) is 3. The van der Waals surface area contributed by atoms with Gasteiger partial charge in [0.1, 0.15) is 17.5 Å². The van der Waals surface area contributed by atoms with Gasteiger partial charge in [-0.15, -0.1) is 0 Å². The van der Waals surface area contributed by atoms with Crippen LogP contribution < -0.4 is 16.0 Å². The van der Waals surface area contributed by atoms with E-state index in [1.807, 2.05) is 38.1 Å². The first kappa shape index (κ1) is 19.7. The average Bonchev–Trinajstić information content (AvgIpc) is 3.21. The fourth-order valence-electron chi connectivity index (χ4n) is 3.87. The van der Waals surface area contributed by atoms with Crippen LogP contribution >= 0.6 is 0 Å². The monoisotopic (exact) mass is 427 g/mol. The van der Waals surface area contributed by atoms with Crippen molar-refractivity contribution in [1.29, 1.82) is 0 Å². The number of carbonyl (C=O) groups is 2. The summed E-state index contributed by atoms with van der Waals surface area (Å²) in [5, 5.41) is 16.7. The number of hydrogen-bond acceptors (Lipinski definition) is 6. The van der Waals surface area contributed by atoms with Crippen LogP contribution in [0.25, 0.3) is 10.9 Å². The van der Waals surface area contributed by atoms with Crippen LogP contribution in [0, 0.1) is 0 Å². The predicted octanol–water partition coefficient (Wildman–Crippen LogP) is 3.97. The smallest absolute Gasteiger partial charge is 0.260 e. The van der Waals surface area contributed by atoms with Gasteiger partial charge in [0.05, 0.1) is 17.3 Å². The first-order valence-electron chi connectivity index (χ1n) is 10.2. The van der Waals surface area contributed by atoms with Gasteiger partial charge in [0.2, 0.25) is 5.91 Å². The zero-order valence-corrected chi connectivity index (χ0v) is 17.6. The van der Waals surface area contributed by atoms with E-state index in [9.17, 15) is 9.59 Å². The number of anilines is 4. The van der Waals surface area contributed by atoms with E-state index in [1.54, 1.807) is 30.6 Å². The van der Waals surface area contributed by atoms with Crippen molar-refractivity contribution < 1.29 is 9.59 Å².